The molecule has 1 aromatic heterocycles. The molecule has 2 heterocycles. The second-order valence-corrected chi connectivity index (χ2v) is 4.34. The molecule has 0 saturated carbocycles. The van der Waals surface area contributed by atoms with Gasteiger partial charge in [0, 0.05) is 6.54 Å². The number of pyridine rings is 1. The predicted molar refractivity (Wildman–Crippen MR) is 75.1 cm³/mol. The summed E-state index contributed by atoms with van der Waals surface area (Å²) in [6.07, 6.45) is 0. The Morgan fingerprint density at radius 1 is 1.25 bits per heavy atom. The number of hydrogen-bond donors (Lipinski definition) is 2. The van der Waals surface area contributed by atoms with Crippen LogP contribution in [0.25, 0.3) is 0 Å². The molecular formula is C14H15N3O3. The summed E-state index contributed by atoms with van der Waals surface area (Å²) in [5, 5.41) is 3.21. The number of nitrogens with one attached hydrogen (secondary N) is 1. The fraction of sp³-hybridized carbons (Fsp3) is 0.214. The van der Waals surface area contributed by atoms with E-state index in [4.69, 9.17) is 19.9 Å². The number of nitrogens with zero attached hydrogens (tertiary/aromatic N) is 1. The monoisotopic (exact) mass is 273 g/mol. The highest BCUT2D eigenvalue weighted by Gasteiger charge is 2.13. The fourth-order valence-electron chi connectivity index (χ4n) is 1.96. The molecule has 0 atom stereocenters. The minimum Gasteiger partial charge on any atom is -0.479 e. The number of methoxy groups -OCH3 is 1. The average Bonchev–Trinajstić information content (AvgIpc) is 2.94. The van der Waals surface area contributed by atoms with E-state index >= 15 is 0 Å². The van der Waals surface area contributed by atoms with Crippen LogP contribution in [0, 0.1) is 0 Å². The molecule has 3 N–H and O–H groups in total. The van der Waals surface area contributed by atoms with Gasteiger partial charge in [-0.3, -0.25) is 0 Å². The molecule has 2 aromatic rings. The van der Waals surface area contributed by atoms with Crippen molar-refractivity contribution < 1.29 is 14.2 Å². The number of ether oxygens (including phenoxy) is 3. The molecule has 0 fully saturated rings. The van der Waals surface area contributed by atoms with Crippen LogP contribution >= 0.6 is 0 Å². The molecule has 0 bridgehead atoms. The van der Waals surface area contributed by atoms with Crippen molar-refractivity contribution in [2.24, 2.45) is 0 Å². The van der Waals surface area contributed by atoms with E-state index in [0.717, 1.165) is 17.1 Å². The first-order valence-electron chi connectivity index (χ1n) is 6.19. The fourth-order valence-corrected chi connectivity index (χ4v) is 1.96. The van der Waals surface area contributed by atoms with Gasteiger partial charge < -0.3 is 25.3 Å². The number of benzene rings is 1. The van der Waals surface area contributed by atoms with Gasteiger partial charge in [-0.2, -0.15) is 4.98 Å². The first kappa shape index (κ1) is 12.4. The summed E-state index contributed by atoms with van der Waals surface area (Å²) in [7, 11) is 1.54. The number of rotatable bonds is 4. The topological polar surface area (TPSA) is 78.6 Å². The molecule has 0 spiro atoms. The summed E-state index contributed by atoms with van der Waals surface area (Å²) in [5.41, 5.74) is 7.31. The van der Waals surface area contributed by atoms with E-state index in [1.54, 1.807) is 13.2 Å². The van der Waals surface area contributed by atoms with Crippen LogP contribution in [0.2, 0.25) is 0 Å². The molecule has 1 aliphatic heterocycles. The Bertz CT molecular complexity index is 620. The molecule has 0 aliphatic carbocycles. The molecule has 0 amide bonds. The second kappa shape index (κ2) is 5.16. The van der Waals surface area contributed by atoms with Crippen LogP contribution in [0.1, 0.15) is 5.56 Å². The minimum atomic E-state index is 0.281. The van der Waals surface area contributed by atoms with Crippen LogP contribution < -0.4 is 25.3 Å². The van der Waals surface area contributed by atoms with Crippen molar-refractivity contribution in [2.45, 2.75) is 6.54 Å². The quantitative estimate of drug-likeness (QED) is 0.887. The zero-order valence-electron chi connectivity index (χ0n) is 11.1. The van der Waals surface area contributed by atoms with Gasteiger partial charge in [0.1, 0.15) is 5.82 Å². The van der Waals surface area contributed by atoms with Crippen molar-refractivity contribution in [3.8, 4) is 17.4 Å². The Labute approximate surface area is 116 Å². The van der Waals surface area contributed by atoms with E-state index in [2.05, 4.69) is 10.3 Å². The molecular weight excluding hydrogens is 258 g/mol. The number of fused-ring (bicyclic) bond motifs is 1. The smallest absolute Gasteiger partial charge is 0.238 e. The van der Waals surface area contributed by atoms with Gasteiger partial charge in [-0.15, -0.1) is 0 Å². The first-order valence-corrected chi connectivity index (χ1v) is 6.19. The third kappa shape index (κ3) is 2.40. The van der Waals surface area contributed by atoms with Crippen molar-refractivity contribution in [1.82, 2.24) is 4.98 Å². The minimum absolute atomic E-state index is 0.281. The van der Waals surface area contributed by atoms with Crippen LogP contribution in [-0.4, -0.2) is 18.9 Å². The van der Waals surface area contributed by atoms with E-state index in [9.17, 15) is 0 Å². The standard InChI is InChI=1S/C14H15N3O3/c1-18-14-10(15)3-5-13(17-14)16-7-9-2-4-11-12(6-9)20-8-19-11/h2-6H,7-8,15H2,1H3,(H,16,17). The molecule has 0 unspecified atom stereocenters. The van der Waals surface area contributed by atoms with Gasteiger partial charge in [0.2, 0.25) is 12.7 Å². The van der Waals surface area contributed by atoms with Crippen LogP contribution in [0.5, 0.6) is 17.4 Å². The summed E-state index contributed by atoms with van der Waals surface area (Å²) in [6.45, 7) is 0.902. The van der Waals surface area contributed by atoms with Crippen LogP contribution in [0.4, 0.5) is 11.5 Å². The van der Waals surface area contributed by atoms with Crippen LogP contribution in [-0.2, 0) is 6.54 Å². The zero-order chi connectivity index (χ0) is 13.9. The number of nitrogens with two attached hydrogens (primary N) is 1. The highest BCUT2D eigenvalue weighted by molar-refractivity contribution is 5.54. The molecule has 104 valence electrons. The molecule has 0 saturated heterocycles. The van der Waals surface area contributed by atoms with Crippen molar-refractivity contribution >= 4 is 11.5 Å². The lowest BCUT2D eigenvalue weighted by molar-refractivity contribution is 0.174. The van der Waals surface area contributed by atoms with Gasteiger partial charge in [-0.25, -0.2) is 0 Å². The van der Waals surface area contributed by atoms with Crippen molar-refractivity contribution in [3.63, 3.8) is 0 Å². The summed E-state index contributed by atoms with van der Waals surface area (Å²) in [5.74, 6) is 2.67. The maximum atomic E-state index is 5.72. The second-order valence-electron chi connectivity index (χ2n) is 4.34. The van der Waals surface area contributed by atoms with Gasteiger partial charge in [-0.05, 0) is 29.8 Å². The number of nitrogen functional groups attached to an aromatic ring is 1. The van der Waals surface area contributed by atoms with Crippen molar-refractivity contribution in [3.05, 3.63) is 35.9 Å². The Kier molecular flexibility index (Phi) is 3.20. The molecule has 6 nitrogen and oxygen atoms in total. The largest absolute Gasteiger partial charge is 0.479 e. The maximum Gasteiger partial charge on any atom is 0.238 e. The Balaban J connectivity index is 1.70. The zero-order valence-corrected chi connectivity index (χ0v) is 11.1. The van der Waals surface area contributed by atoms with Crippen LogP contribution in [0.15, 0.2) is 30.3 Å². The van der Waals surface area contributed by atoms with Gasteiger partial charge >= 0.3 is 0 Å². The van der Waals surface area contributed by atoms with Gasteiger partial charge in [-0.1, -0.05) is 6.07 Å². The van der Waals surface area contributed by atoms with E-state index in [-0.39, 0.29) is 6.79 Å². The van der Waals surface area contributed by atoms with E-state index < -0.39 is 0 Å². The maximum absolute atomic E-state index is 5.72. The Morgan fingerprint density at radius 3 is 2.95 bits per heavy atom. The third-order valence-electron chi connectivity index (χ3n) is 2.99. The normalized spacial score (nSPS) is 12.2. The van der Waals surface area contributed by atoms with Crippen LogP contribution in [0.3, 0.4) is 0 Å². The highest BCUT2D eigenvalue weighted by atomic mass is 16.7. The molecule has 20 heavy (non-hydrogen) atoms. The summed E-state index contributed by atoms with van der Waals surface area (Å²) >= 11 is 0. The first-order chi connectivity index (χ1) is 9.76. The molecule has 1 aliphatic rings. The lowest BCUT2D eigenvalue weighted by atomic mass is 10.2. The third-order valence-corrected chi connectivity index (χ3v) is 2.99. The molecule has 3 rings (SSSR count). The number of aromatic nitrogens is 1. The van der Waals surface area contributed by atoms with Gasteiger partial charge in [0.15, 0.2) is 11.5 Å². The molecule has 6 heteroatoms. The van der Waals surface area contributed by atoms with Gasteiger partial charge in [0.05, 0.1) is 12.8 Å². The Hall–Kier alpha value is -2.63. The molecule has 1 aromatic carbocycles. The Morgan fingerprint density at radius 2 is 2.10 bits per heavy atom. The van der Waals surface area contributed by atoms with E-state index in [1.807, 2.05) is 24.3 Å². The van der Waals surface area contributed by atoms with E-state index in [1.165, 1.54) is 0 Å². The van der Waals surface area contributed by atoms with E-state index in [0.29, 0.717) is 23.9 Å². The summed E-state index contributed by atoms with van der Waals surface area (Å²) in [4.78, 5) is 4.26. The van der Waals surface area contributed by atoms with Gasteiger partial charge in [0.25, 0.3) is 0 Å². The summed E-state index contributed by atoms with van der Waals surface area (Å²) in [6, 6.07) is 9.40. The number of anilines is 2. The van der Waals surface area contributed by atoms with Crippen molar-refractivity contribution in [1.29, 1.82) is 0 Å². The SMILES string of the molecule is COc1nc(NCc2ccc3c(c2)OCO3)ccc1N. The lowest BCUT2D eigenvalue weighted by Crippen LogP contribution is -2.03. The highest BCUT2D eigenvalue weighted by Crippen LogP contribution is 2.32. The van der Waals surface area contributed by atoms with Crippen molar-refractivity contribution in [2.75, 3.05) is 25.0 Å². The predicted octanol–water partition coefficient (Wildman–Crippen LogP) is 2.01. The summed E-state index contributed by atoms with van der Waals surface area (Å²) < 4.78 is 15.7. The lowest BCUT2D eigenvalue weighted by Gasteiger charge is -2.09. The molecule has 0 radical (unpaired) electrons. The number of hydrogen-bond acceptors (Lipinski definition) is 6. The average molecular weight is 273 g/mol.